The second-order valence-corrected chi connectivity index (χ2v) is 12.2. The minimum Gasteiger partial charge on any atom is -0.493 e. The highest BCUT2D eigenvalue weighted by Gasteiger charge is 2.37. The van der Waals surface area contributed by atoms with E-state index in [-0.39, 0.29) is 5.78 Å². The summed E-state index contributed by atoms with van der Waals surface area (Å²) < 4.78 is 13.9. The average molecular weight is 601 g/mol. The Labute approximate surface area is 255 Å². The molecule has 1 atom stereocenters. The van der Waals surface area contributed by atoms with E-state index < -0.39 is 6.04 Å². The summed E-state index contributed by atoms with van der Waals surface area (Å²) in [5.41, 5.74) is 8.40. The maximum Gasteiger partial charge on any atom is 0.227 e. The van der Waals surface area contributed by atoms with Crippen LogP contribution < -0.4 is 14.8 Å². The molecule has 9 heteroatoms. The Balaban J connectivity index is 1.31. The van der Waals surface area contributed by atoms with Gasteiger partial charge in [-0.15, -0.1) is 5.10 Å². The van der Waals surface area contributed by atoms with Crippen LogP contribution >= 0.6 is 23.4 Å². The predicted octanol–water partition coefficient (Wildman–Crippen LogP) is 7.76. The molecule has 0 saturated carbocycles. The molecule has 0 fully saturated rings. The molecule has 7 nitrogen and oxygen atoms in total. The first-order valence-corrected chi connectivity index (χ1v) is 15.4. The van der Waals surface area contributed by atoms with Gasteiger partial charge in [0.2, 0.25) is 11.1 Å². The van der Waals surface area contributed by atoms with E-state index in [0.29, 0.717) is 41.4 Å². The molecule has 6 rings (SSSR count). The van der Waals surface area contributed by atoms with Gasteiger partial charge in [-0.05, 0) is 85.2 Å². The molecule has 1 N–H and O–H groups in total. The first-order chi connectivity index (χ1) is 20.3. The Morgan fingerprint density at radius 1 is 1.00 bits per heavy atom. The van der Waals surface area contributed by atoms with Gasteiger partial charge in [-0.3, -0.25) is 4.79 Å². The zero-order valence-electron chi connectivity index (χ0n) is 24.2. The number of aryl methyl sites for hydroxylation is 3. The molecular weight excluding hydrogens is 568 g/mol. The topological polar surface area (TPSA) is 78.3 Å². The Hall–Kier alpha value is -3.75. The molecule has 2 aliphatic rings. The SMILES string of the molecule is COc1cc(C2C3=C(CCCC3=O)Nc3nc(SCc4ccccc4Cl)nn32)ccc1OCc1cc(C)c(C)cc1C. The molecule has 3 aromatic carbocycles. The summed E-state index contributed by atoms with van der Waals surface area (Å²) in [4.78, 5) is 18.1. The summed E-state index contributed by atoms with van der Waals surface area (Å²) in [6, 6.07) is 17.6. The van der Waals surface area contributed by atoms with Gasteiger partial charge in [0.1, 0.15) is 12.6 Å². The van der Waals surface area contributed by atoms with Gasteiger partial charge in [0.15, 0.2) is 17.3 Å². The molecule has 1 unspecified atom stereocenters. The second-order valence-electron chi connectivity index (χ2n) is 10.8. The lowest BCUT2D eigenvalue weighted by molar-refractivity contribution is -0.116. The number of carbonyl (C=O) groups excluding carboxylic acids is 1. The van der Waals surface area contributed by atoms with Crippen molar-refractivity contribution in [2.75, 3.05) is 12.4 Å². The highest BCUT2D eigenvalue weighted by atomic mass is 35.5. The first-order valence-electron chi connectivity index (χ1n) is 14.1. The number of hydrogen-bond donors (Lipinski definition) is 1. The number of carbonyl (C=O) groups is 1. The number of anilines is 1. The summed E-state index contributed by atoms with van der Waals surface area (Å²) >= 11 is 7.89. The van der Waals surface area contributed by atoms with Gasteiger partial charge in [0.05, 0.1) is 7.11 Å². The number of rotatable bonds is 8. The number of hydrogen-bond acceptors (Lipinski definition) is 7. The van der Waals surface area contributed by atoms with E-state index in [2.05, 4.69) is 38.2 Å². The van der Waals surface area contributed by atoms with Crippen LogP contribution in [0.1, 0.15) is 58.7 Å². The number of nitrogens with zero attached hydrogens (tertiary/aromatic N) is 3. The van der Waals surface area contributed by atoms with E-state index in [0.717, 1.165) is 45.8 Å². The third-order valence-electron chi connectivity index (χ3n) is 8.00. The van der Waals surface area contributed by atoms with E-state index in [9.17, 15) is 4.79 Å². The summed E-state index contributed by atoms with van der Waals surface area (Å²) in [6.07, 6.45) is 2.12. The molecule has 216 valence electrons. The fourth-order valence-electron chi connectivity index (χ4n) is 5.57. The van der Waals surface area contributed by atoms with Crippen molar-refractivity contribution in [2.45, 2.75) is 63.6 Å². The van der Waals surface area contributed by atoms with Gasteiger partial charge in [-0.25, -0.2) is 4.68 Å². The standard InChI is InChI=1S/C33H33ClN4O3S/c1-19-14-21(3)24(15-20(19)2)17-41-28-13-12-22(16-29(28)40-4)31-30-26(10-7-11-27(30)39)35-32-36-33(37-38(31)32)42-18-23-8-5-6-9-25(23)34/h5-6,8-9,12-16,31H,7,10-11,17-18H2,1-4H3,(H,35,36,37). The van der Waals surface area contributed by atoms with Crippen LogP contribution in [0.15, 0.2) is 71.0 Å². The van der Waals surface area contributed by atoms with Gasteiger partial charge in [-0.1, -0.05) is 59.8 Å². The van der Waals surface area contributed by atoms with Gasteiger partial charge < -0.3 is 14.8 Å². The van der Waals surface area contributed by atoms with Crippen molar-refractivity contribution < 1.29 is 14.3 Å². The maximum atomic E-state index is 13.3. The number of benzene rings is 3. The largest absolute Gasteiger partial charge is 0.493 e. The highest BCUT2D eigenvalue weighted by molar-refractivity contribution is 7.98. The fourth-order valence-corrected chi connectivity index (χ4v) is 6.68. The molecule has 0 radical (unpaired) electrons. The van der Waals surface area contributed by atoms with Crippen LogP contribution in [-0.4, -0.2) is 27.7 Å². The van der Waals surface area contributed by atoms with Gasteiger partial charge in [0, 0.05) is 28.5 Å². The lowest BCUT2D eigenvalue weighted by atomic mass is 9.85. The van der Waals surface area contributed by atoms with E-state index in [1.165, 1.54) is 28.5 Å². The van der Waals surface area contributed by atoms with Crippen LogP contribution in [0.4, 0.5) is 5.95 Å². The number of aromatic nitrogens is 3. The van der Waals surface area contributed by atoms with E-state index in [1.54, 1.807) is 7.11 Å². The van der Waals surface area contributed by atoms with Crippen molar-refractivity contribution in [3.05, 3.63) is 104 Å². The number of methoxy groups -OCH3 is 1. The van der Waals surface area contributed by atoms with Crippen LogP contribution in [-0.2, 0) is 17.2 Å². The first kappa shape index (κ1) is 28.4. The van der Waals surface area contributed by atoms with E-state index >= 15 is 0 Å². The van der Waals surface area contributed by atoms with Crippen molar-refractivity contribution in [3.8, 4) is 11.5 Å². The number of fused-ring (bicyclic) bond motifs is 1. The molecule has 1 aromatic heterocycles. The van der Waals surface area contributed by atoms with Crippen molar-refractivity contribution in [1.82, 2.24) is 14.8 Å². The molecule has 0 amide bonds. The smallest absolute Gasteiger partial charge is 0.227 e. The molecular formula is C33H33ClN4O3S. The third-order valence-corrected chi connectivity index (χ3v) is 9.26. The summed E-state index contributed by atoms with van der Waals surface area (Å²) in [5, 5.41) is 9.60. The zero-order chi connectivity index (χ0) is 29.4. The molecule has 4 aromatic rings. The number of ether oxygens (including phenoxy) is 2. The normalized spacial score (nSPS) is 16.1. The Morgan fingerprint density at radius 2 is 1.81 bits per heavy atom. The molecule has 0 bridgehead atoms. The van der Waals surface area contributed by atoms with Crippen molar-refractivity contribution >= 4 is 35.1 Å². The molecule has 1 aliphatic heterocycles. The number of nitrogens with one attached hydrogen (secondary N) is 1. The number of halogens is 1. The number of thioether (sulfide) groups is 1. The summed E-state index contributed by atoms with van der Waals surface area (Å²) in [5.74, 6) is 2.64. The third kappa shape index (κ3) is 5.53. The second kappa shape index (κ2) is 11.9. The predicted molar refractivity (Wildman–Crippen MR) is 167 cm³/mol. The lowest BCUT2D eigenvalue weighted by Crippen LogP contribution is -2.31. The Kier molecular flexibility index (Phi) is 8.01. The van der Waals surface area contributed by atoms with E-state index in [1.807, 2.05) is 47.1 Å². The summed E-state index contributed by atoms with van der Waals surface area (Å²) in [7, 11) is 1.64. The average Bonchev–Trinajstić information content (AvgIpc) is 3.39. The van der Waals surface area contributed by atoms with E-state index in [4.69, 9.17) is 31.2 Å². The zero-order valence-corrected chi connectivity index (χ0v) is 25.7. The van der Waals surface area contributed by atoms with Crippen LogP contribution in [0, 0.1) is 20.8 Å². The Morgan fingerprint density at radius 3 is 2.62 bits per heavy atom. The minimum absolute atomic E-state index is 0.129. The number of allylic oxidation sites excluding steroid dienone is 2. The van der Waals surface area contributed by atoms with Crippen molar-refractivity contribution in [2.24, 2.45) is 0 Å². The van der Waals surface area contributed by atoms with Gasteiger partial charge in [-0.2, -0.15) is 4.98 Å². The minimum atomic E-state index is -0.420. The fraction of sp³-hybridized carbons (Fsp3) is 0.303. The van der Waals surface area contributed by atoms with Crippen LogP contribution in [0.2, 0.25) is 5.02 Å². The maximum absolute atomic E-state index is 13.3. The molecule has 2 heterocycles. The molecule has 0 spiro atoms. The van der Waals surface area contributed by atoms with Crippen molar-refractivity contribution in [3.63, 3.8) is 0 Å². The van der Waals surface area contributed by atoms with Crippen molar-refractivity contribution in [1.29, 1.82) is 0 Å². The molecule has 0 saturated heterocycles. The van der Waals surface area contributed by atoms with Gasteiger partial charge in [0.25, 0.3) is 0 Å². The lowest BCUT2D eigenvalue weighted by Gasteiger charge is -2.32. The quantitative estimate of drug-likeness (QED) is 0.207. The monoisotopic (exact) mass is 600 g/mol. The molecule has 1 aliphatic carbocycles. The van der Waals surface area contributed by atoms with Gasteiger partial charge >= 0.3 is 0 Å². The number of ketones is 1. The van der Waals surface area contributed by atoms with Crippen LogP contribution in [0.25, 0.3) is 0 Å². The molecule has 42 heavy (non-hydrogen) atoms. The summed E-state index contributed by atoms with van der Waals surface area (Å²) in [6.45, 7) is 6.77. The Bertz CT molecular complexity index is 1710. The van der Waals surface area contributed by atoms with Crippen LogP contribution in [0.5, 0.6) is 11.5 Å². The highest BCUT2D eigenvalue weighted by Crippen LogP contribution is 2.43. The van der Waals surface area contributed by atoms with Crippen LogP contribution in [0.3, 0.4) is 0 Å². The number of Topliss-reactive ketones (excluding diaryl/α,β-unsaturated/α-hetero) is 1.